The van der Waals surface area contributed by atoms with Gasteiger partial charge in [0.2, 0.25) is 5.91 Å². The van der Waals surface area contributed by atoms with E-state index >= 15 is 0 Å². The maximum atomic E-state index is 14.5. The minimum absolute atomic E-state index is 0.0291. The molecule has 0 saturated heterocycles. The average Bonchev–Trinajstić information content (AvgIpc) is 2.94. The lowest BCUT2D eigenvalue weighted by atomic mass is 10.1. The summed E-state index contributed by atoms with van der Waals surface area (Å²) in [6.45, 7) is 3.95. The fraction of sp³-hybridized carbons (Fsp3) is 0.0938. The molecule has 0 aromatic heterocycles. The van der Waals surface area contributed by atoms with Gasteiger partial charge in [-0.15, -0.1) is 11.8 Å². The molecule has 0 aliphatic carbocycles. The first-order chi connectivity index (χ1) is 19.7. The van der Waals surface area contributed by atoms with Crippen LogP contribution in [0.2, 0.25) is 5.02 Å². The van der Waals surface area contributed by atoms with Gasteiger partial charge >= 0.3 is 0 Å². The Morgan fingerprint density at radius 2 is 1.51 bits per heavy atom. The third-order valence-corrected chi connectivity index (χ3v) is 7.15. The normalized spacial score (nSPS) is 11.1. The number of carbonyl (C=O) groups excluding carboxylic acids is 3. The minimum Gasteiger partial charge on any atom is -0.325 e. The quantitative estimate of drug-likeness (QED) is 0.142. The third-order valence-electron chi connectivity index (χ3n) is 5.80. The molecule has 208 valence electrons. The summed E-state index contributed by atoms with van der Waals surface area (Å²) in [6, 6.07) is 25.2. The molecule has 4 aromatic carbocycles. The summed E-state index contributed by atoms with van der Waals surface area (Å²) in [5, 5.41) is 8.28. The van der Waals surface area contributed by atoms with Gasteiger partial charge in [0.15, 0.2) is 0 Å². The lowest BCUT2D eigenvalue weighted by Crippen LogP contribution is -2.30. The molecule has 4 aromatic rings. The number of benzene rings is 4. The van der Waals surface area contributed by atoms with Gasteiger partial charge < -0.3 is 16.0 Å². The Morgan fingerprint density at radius 1 is 0.829 bits per heavy atom. The Kier molecular flexibility index (Phi) is 9.95. The number of rotatable bonds is 9. The molecule has 0 bridgehead atoms. The molecular formula is C32H27ClFN3O3S. The molecule has 6 nitrogen and oxygen atoms in total. The van der Waals surface area contributed by atoms with Crippen molar-refractivity contribution >= 4 is 58.5 Å². The summed E-state index contributed by atoms with van der Waals surface area (Å²) >= 11 is 7.51. The van der Waals surface area contributed by atoms with Crippen LogP contribution in [0.4, 0.5) is 15.8 Å². The van der Waals surface area contributed by atoms with Gasteiger partial charge in [0.25, 0.3) is 11.8 Å². The fourth-order valence-corrected chi connectivity index (χ4v) is 4.88. The first-order valence-corrected chi connectivity index (χ1v) is 14.0. The summed E-state index contributed by atoms with van der Waals surface area (Å²) in [5.74, 6) is -1.76. The van der Waals surface area contributed by atoms with Crippen LogP contribution < -0.4 is 16.0 Å². The van der Waals surface area contributed by atoms with E-state index in [1.807, 2.05) is 32.0 Å². The van der Waals surface area contributed by atoms with Gasteiger partial charge in [-0.2, -0.15) is 0 Å². The number of amides is 3. The van der Waals surface area contributed by atoms with Crippen LogP contribution in [0.5, 0.6) is 0 Å². The second-order valence-corrected chi connectivity index (χ2v) is 10.7. The zero-order chi connectivity index (χ0) is 29.4. The number of aryl methyl sites for hydroxylation is 2. The molecule has 4 rings (SSSR count). The highest BCUT2D eigenvalue weighted by atomic mass is 35.5. The van der Waals surface area contributed by atoms with Crippen molar-refractivity contribution < 1.29 is 18.8 Å². The van der Waals surface area contributed by atoms with E-state index in [-0.39, 0.29) is 27.9 Å². The largest absolute Gasteiger partial charge is 0.325 e. The average molecular weight is 588 g/mol. The maximum absolute atomic E-state index is 14.5. The van der Waals surface area contributed by atoms with Crippen molar-refractivity contribution in [2.75, 3.05) is 16.4 Å². The van der Waals surface area contributed by atoms with Gasteiger partial charge in [-0.1, -0.05) is 41.9 Å². The van der Waals surface area contributed by atoms with Crippen molar-refractivity contribution in [1.29, 1.82) is 0 Å². The smallest absolute Gasteiger partial charge is 0.272 e. The lowest BCUT2D eigenvalue weighted by molar-refractivity contribution is -0.114. The minimum atomic E-state index is -0.665. The fourth-order valence-electron chi connectivity index (χ4n) is 3.96. The van der Waals surface area contributed by atoms with Crippen LogP contribution in [0.15, 0.2) is 102 Å². The van der Waals surface area contributed by atoms with E-state index in [1.54, 1.807) is 54.6 Å². The van der Waals surface area contributed by atoms with Crippen LogP contribution in [0.1, 0.15) is 27.0 Å². The SMILES string of the molecule is Cc1cc(C)cc(NC(=O)CSc2ccc(NC(=O)/C(=C/c3c(F)cccc3Cl)NC(=O)c3ccccc3)cc2)c1. The number of nitrogens with one attached hydrogen (secondary N) is 3. The number of hydrogen-bond acceptors (Lipinski definition) is 4. The summed E-state index contributed by atoms with van der Waals surface area (Å²) in [4.78, 5) is 39.3. The number of hydrogen-bond donors (Lipinski definition) is 3. The molecule has 3 amide bonds. The van der Waals surface area contributed by atoms with E-state index < -0.39 is 17.6 Å². The number of thioether (sulfide) groups is 1. The summed E-state index contributed by atoms with van der Waals surface area (Å²) in [5.41, 5.74) is 3.45. The lowest BCUT2D eigenvalue weighted by Gasteiger charge is -2.12. The van der Waals surface area contributed by atoms with Gasteiger partial charge in [-0.25, -0.2) is 4.39 Å². The topological polar surface area (TPSA) is 87.3 Å². The van der Waals surface area contributed by atoms with E-state index in [2.05, 4.69) is 16.0 Å². The molecule has 3 N–H and O–H groups in total. The third kappa shape index (κ3) is 8.54. The van der Waals surface area contributed by atoms with Crippen molar-refractivity contribution in [2.24, 2.45) is 0 Å². The van der Waals surface area contributed by atoms with E-state index in [1.165, 1.54) is 36.0 Å². The van der Waals surface area contributed by atoms with Crippen molar-refractivity contribution in [3.63, 3.8) is 0 Å². The Labute approximate surface area is 247 Å². The van der Waals surface area contributed by atoms with Crippen molar-refractivity contribution in [3.05, 3.63) is 130 Å². The Balaban J connectivity index is 1.43. The molecular weight excluding hydrogens is 561 g/mol. The Hall–Kier alpha value is -4.40. The molecule has 0 radical (unpaired) electrons. The van der Waals surface area contributed by atoms with Gasteiger partial charge in [0.1, 0.15) is 11.5 Å². The highest BCUT2D eigenvalue weighted by molar-refractivity contribution is 8.00. The predicted octanol–water partition coefficient (Wildman–Crippen LogP) is 7.24. The molecule has 0 aliphatic rings. The van der Waals surface area contributed by atoms with Gasteiger partial charge in [0, 0.05) is 27.4 Å². The van der Waals surface area contributed by atoms with Crippen molar-refractivity contribution in [1.82, 2.24) is 5.32 Å². The summed E-state index contributed by atoms with van der Waals surface area (Å²) < 4.78 is 14.5. The Morgan fingerprint density at radius 3 is 2.17 bits per heavy atom. The molecule has 0 spiro atoms. The van der Waals surface area contributed by atoms with E-state index in [0.717, 1.165) is 21.7 Å². The van der Waals surface area contributed by atoms with E-state index in [0.29, 0.717) is 11.3 Å². The van der Waals surface area contributed by atoms with Crippen LogP contribution in [0, 0.1) is 19.7 Å². The summed E-state index contributed by atoms with van der Waals surface area (Å²) in [7, 11) is 0. The van der Waals surface area contributed by atoms with Crippen molar-refractivity contribution in [3.8, 4) is 0 Å². The molecule has 0 saturated carbocycles. The first kappa shape index (κ1) is 29.6. The van der Waals surface area contributed by atoms with Crippen molar-refractivity contribution in [2.45, 2.75) is 18.7 Å². The highest BCUT2D eigenvalue weighted by Crippen LogP contribution is 2.24. The van der Waals surface area contributed by atoms with E-state index in [4.69, 9.17) is 11.6 Å². The maximum Gasteiger partial charge on any atom is 0.272 e. The van der Waals surface area contributed by atoms with Crippen LogP contribution in [0.3, 0.4) is 0 Å². The second-order valence-electron chi connectivity index (χ2n) is 9.21. The second kappa shape index (κ2) is 13.8. The predicted molar refractivity (Wildman–Crippen MR) is 164 cm³/mol. The zero-order valence-corrected chi connectivity index (χ0v) is 23.9. The molecule has 0 heterocycles. The molecule has 0 atom stereocenters. The van der Waals surface area contributed by atoms with Gasteiger partial charge in [-0.3, -0.25) is 14.4 Å². The number of anilines is 2. The van der Waals surface area contributed by atoms with Crippen LogP contribution in [-0.4, -0.2) is 23.5 Å². The molecule has 0 aliphatic heterocycles. The molecule has 41 heavy (non-hydrogen) atoms. The molecule has 0 unspecified atom stereocenters. The zero-order valence-electron chi connectivity index (χ0n) is 22.3. The number of carbonyl (C=O) groups is 3. The van der Waals surface area contributed by atoms with Gasteiger partial charge in [-0.05, 0) is 91.7 Å². The van der Waals surface area contributed by atoms with Crippen LogP contribution in [-0.2, 0) is 9.59 Å². The molecule has 0 fully saturated rings. The van der Waals surface area contributed by atoms with Crippen LogP contribution >= 0.6 is 23.4 Å². The molecule has 9 heteroatoms. The van der Waals surface area contributed by atoms with Gasteiger partial charge in [0.05, 0.1) is 10.8 Å². The summed E-state index contributed by atoms with van der Waals surface area (Å²) in [6.07, 6.45) is 1.20. The van der Waals surface area contributed by atoms with Crippen LogP contribution in [0.25, 0.3) is 6.08 Å². The Bertz CT molecular complexity index is 1570. The van der Waals surface area contributed by atoms with E-state index in [9.17, 15) is 18.8 Å². The monoisotopic (exact) mass is 587 g/mol. The highest BCUT2D eigenvalue weighted by Gasteiger charge is 2.17. The standard InChI is InChI=1S/C32H27ClFN3O3S/c1-20-15-21(2)17-24(16-20)35-30(38)19-41-25-13-11-23(12-14-25)36-32(40)29(18-26-27(33)9-6-10-28(26)34)37-31(39)22-7-4-3-5-8-22/h3-18H,19H2,1-2H3,(H,35,38)(H,36,40)(H,37,39)/b29-18-. The first-order valence-electron chi connectivity index (χ1n) is 12.6. The number of halogens is 2.